The molecule has 5 heteroatoms. The Morgan fingerprint density at radius 2 is 1.95 bits per heavy atom. The van der Waals surface area contributed by atoms with Gasteiger partial charge in [-0.3, -0.25) is 4.98 Å². The van der Waals surface area contributed by atoms with Crippen LogP contribution in [0.3, 0.4) is 0 Å². The first-order chi connectivity index (χ1) is 9.42. The number of nitrogens with zero attached hydrogens (tertiary/aromatic N) is 2. The van der Waals surface area contributed by atoms with E-state index in [-0.39, 0.29) is 0 Å². The summed E-state index contributed by atoms with van der Waals surface area (Å²) in [6.45, 7) is 6.68. The minimum Gasteiger partial charge on any atom is -0.375 e. The lowest BCUT2D eigenvalue weighted by atomic mass is 10.2. The van der Waals surface area contributed by atoms with E-state index in [9.17, 15) is 0 Å². The number of anilines is 1. The molecule has 2 aromatic rings. The van der Waals surface area contributed by atoms with Crippen LogP contribution in [-0.4, -0.2) is 18.0 Å². The Morgan fingerprint density at radius 3 is 2.50 bits per heavy atom. The molecule has 0 aliphatic heterocycles. The fourth-order valence-electron chi connectivity index (χ4n) is 1.39. The van der Waals surface area contributed by atoms with Crippen molar-refractivity contribution in [2.45, 2.75) is 19.6 Å². The second kappa shape index (κ2) is 6.03. The van der Waals surface area contributed by atoms with E-state index in [0.717, 1.165) is 17.0 Å². The molecule has 3 nitrogen and oxygen atoms in total. The lowest BCUT2D eigenvalue weighted by molar-refractivity contribution is 1.28. The van der Waals surface area contributed by atoms with Crippen LogP contribution in [0.15, 0.2) is 23.7 Å². The summed E-state index contributed by atoms with van der Waals surface area (Å²) in [6, 6.07) is 3.95. The highest BCUT2D eigenvalue weighted by Gasteiger charge is 2.07. The molecule has 0 bridgehead atoms. The predicted octanol–water partition coefficient (Wildman–Crippen LogP) is 3.52. The van der Waals surface area contributed by atoms with Gasteiger partial charge < -0.3 is 5.73 Å². The van der Waals surface area contributed by atoms with Crippen LogP contribution in [0.5, 0.6) is 0 Å². The van der Waals surface area contributed by atoms with Gasteiger partial charge in [-0.05, 0) is 24.3 Å². The highest BCUT2D eigenvalue weighted by atomic mass is 32.1. The van der Waals surface area contributed by atoms with Crippen molar-refractivity contribution in [1.29, 1.82) is 0 Å². The maximum atomic E-state index is 5.58. The van der Waals surface area contributed by atoms with Crippen LogP contribution in [0.25, 0.3) is 12.2 Å². The highest BCUT2D eigenvalue weighted by molar-refractivity contribution is 7.13. The van der Waals surface area contributed by atoms with E-state index in [0.29, 0.717) is 5.13 Å². The zero-order valence-electron chi connectivity index (χ0n) is 11.8. The predicted molar refractivity (Wildman–Crippen MR) is 89.9 cm³/mol. The quantitative estimate of drug-likeness (QED) is 0.682. The number of nitrogens with two attached hydrogens (primary N) is 1. The van der Waals surface area contributed by atoms with Gasteiger partial charge in [0, 0.05) is 17.1 Å². The Balaban J connectivity index is 2.08. The van der Waals surface area contributed by atoms with Gasteiger partial charge in [0.25, 0.3) is 0 Å². The molecule has 0 saturated heterocycles. The van der Waals surface area contributed by atoms with Crippen LogP contribution in [0.4, 0.5) is 5.13 Å². The van der Waals surface area contributed by atoms with Gasteiger partial charge in [-0.25, -0.2) is 4.98 Å². The number of pyridine rings is 1. The molecule has 0 atom stereocenters. The topological polar surface area (TPSA) is 51.8 Å². The second-order valence-electron chi connectivity index (χ2n) is 5.42. The molecule has 2 heterocycles. The molecular formula is C15H17N3SSi. The third kappa shape index (κ3) is 4.65. The molecule has 0 aromatic carbocycles. The molecule has 0 unspecified atom stereocenters. The molecule has 2 aromatic heterocycles. The smallest absolute Gasteiger partial charge is 0.180 e. The van der Waals surface area contributed by atoms with Crippen LogP contribution in [0.2, 0.25) is 19.6 Å². The van der Waals surface area contributed by atoms with Crippen molar-refractivity contribution in [2.24, 2.45) is 0 Å². The molecule has 20 heavy (non-hydrogen) atoms. The SMILES string of the molecule is C[Si](C)(C)C#Cc1ccc(/C=C/c2csc(N)n2)nc1. The van der Waals surface area contributed by atoms with Crippen molar-refractivity contribution in [3.05, 3.63) is 40.7 Å². The van der Waals surface area contributed by atoms with Gasteiger partial charge in [-0.2, -0.15) is 0 Å². The summed E-state index contributed by atoms with van der Waals surface area (Å²) in [5.41, 5.74) is 11.6. The van der Waals surface area contributed by atoms with Crippen LogP contribution in [0.1, 0.15) is 17.0 Å². The van der Waals surface area contributed by atoms with E-state index in [1.54, 1.807) is 0 Å². The number of thiazole rings is 1. The molecule has 102 valence electrons. The number of hydrogen-bond acceptors (Lipinski definition) is 4. The third-order valence-corrected chi connectivity index (χ3v) is 3.90. The standard InChI is InChI=1S/C15H17N3SSi/c1-20(2,3)9-8-12-4-5-13(17-10-12)6-7-14-11-19-15(16)18-14/h4-7,10-11H,1-3H3,(H2,16,18)/b7-6+. The molecule has 0 fully saturated rings. The van der Waals surface area contributed by atoms with Crippen molar-refractivity contribution >= 4 is 36.7 Å². The summed E-state index contributed by atoms with van der Waals surface area (Å²) < 4.78 is 0. The van der Waals surface area contributed by atoms with E-state index in [1.807, 2.05) is 35.9 Å². The minimum absolute atomic E-state index is 0.578. The largest absolute Gasteiger partial charge is 0.375 e. The van der Waals surface area contributed by atoms with E-state index >= 15 is 0 Å². The number of aromatic nitrogens is 2. The van der Waals surface area contributed by atoms with Crippen molar-refractivity contribution in [1.82, 2.24) is 9.97 Å². The minimum atomic E-state index is -1.33. The lowest BCUT2D eigenvalue weighted by Crippen LogP contribution is -2.16. The molecule has 2 rings (SSSR count). The maximum Gasteiger partial charge on any atom is 0.180 e. The van der Waals surface area contributed by atoms with Crippen molar-refractivity contribution < 1.29 is 0 Å². The van der Waals surface area contributed by atoms with Gasteiger partial charge in [0.1, 0.15) is 8.07 Å². The number of hydrogen-bond donors (Lipinski definition) is 1. The molecule has 0 saturated carbocycles. The lowest BCUT2D eigenvalue weighted by Gasteiger charge is -2.03. The molecular weight excluding hydrogens is 282 g/mol. The summed E-state index contributed by atoms with van der Waals surface area (Å²) in [5, 5.41) is 2.49. The summed E-state index contributed by atoms with van der Waals surface area (Å²) >= 11 is 1.43. The first-order valence-corrected chi connectivity index (χ1v) is 10.7. The summed E-state index contributed by atoms with van der Waals surface area (Å²) in [6.07, 6.45) is 5.63. The molecule has 0 amide bonds. The van der Waals surface area contributed by atoms with Gasteiger partial charge in [-0.15, -0.1) is 16.9 Å². The monoisotopic (exact) mass is 299 g/mol. The number of nitrogen functional groups attached to an aromatic ring is 1. The van der Waals surface area contributed by atoms with Crippen molar-refractivity contribution in [2.75, 3.05) is 5.73 Å². The van der Waals surface area contributed by atoms with Gasteiger partial charge in [-0.1, -0.05) is 25.6 Å². The van der Waals surface area contributed by atoms with Gasteiger partial charge in [0.2, 0.25) is 0 Å². The van der Waals surface area contributed by atoms with Crippen LogP contribution < -0.4 is 5.73 Å². The van der Waals surface area contributed by atoms with Gasteiger partial charge in [0.05, 0.1) is 11.4 Å². The number of rotatable bonds is 2. The van der Waals surface area contributed by atoms with Gasteiger partial charge in [0.15, 0.2) is 5.13 Å². The summed E-state index contributed by atoms with van der Waals surface area (Å²) in [4.78, 5) is 8.54. The first kappa shape index (κ1) is 14.5. The molecule has 0 aliphatic carbocycles. The van der Waals surface area contributed by atoms with Crippen molar-refractivity contribution in [3.8, 4) is 11.5 Å². The Labute approximate surface area is 124 Å². The maximum absolute atomic E-state index is 5.58. The average Bonchev–Trinajstić information content (AvgIpc) is 2.80. The average molecular weight is 299 g/mol. The zero-order chi connectivity index (χ0) is 14.6. The van der Waals surface area contributed by atoms with Crippen LogP contribution in [0, 0.1) is 11.5 Å². The summed E-state index contributed by atoms with van der Waals surface area (Å²) in [7, 11) is -1.33. The zero-order valence-corrected chi connectivity index (χ0v) is 13.7. The normalized spacial score (nSPS) is 11.3. The Kier molecular flexibility index (Phi) is 4.38. The second-order valence-corrected chi connectivity index (χ2v) is 11.1. The Bertz CT molecular complexity index is 670. The van der Waals surface area contributed by atoms with Crippen LogP contribution >= 0.6 is 11.3 Å². The molecule has 0 spiro atoms. The van der Waals surface area contributed by atoms with E-state index in [4.69, 9.17) is 5.73 Å². The van der Waals surface area contributed by atoms with Gasteiger partial charge >= 0.3 is 0 Å². The van der Waals surface area contributed by atoms with Crippen LogP contribution in [-0.2, 0) is 0 Å². The first-order valence-electron chi connectivity index (χ1n) is 6.31. The van der Waals surface area contributed by atoms with E-state index < -0.39 is 8.07 Å². The fraction of sp³-hybridized carbons (Fsp3) is 0.200. The van der Waals surface area contributed by atoms with E-state index in [1.165, 1.54) is 11.3 Å². The van der Waals surface area contributed by atoms with E-state index in [2.05, 4.69) is 41.1 Å². The van der Waals surface area contributed by atoms with Crippen molar-refractivity contribution in [3.63, 3.8) is 0 Å². The summed E-state index contributed by atoms with van der Waals surface area (Å²) in [5.74, 6) is 3.19. The highest BCUT2D eigenvalue weighted by Crippen LogP contribution is 2.13. The molecule has 2 N–H and O–H groups in total. The molecule has 0 aliphatic rings. The Morgan fingerprint density at radius 1 is 1.20 bits per heavy atom. The fourth-order valence-corrected chi connectivity index (χ4v) is 2.44. The Hall–Kier alpha value is -1.90. The third-order valence-electron chi connectivity index (χ3n) is 2.33. The molecule has 0 radical (unpaired) electrons.